The molecule has 7 nitrogen and oxygen atoms in total. The van der Waals surface area contributed by atoms with Gasteiger partial charge in [-0.2, -0.15) is 8.78 Å². The van der Waals surface area contributed by atoms with Crippen molar-refractivity contribution in [2.45, 2.75) is 17.0 Å². The maximum atomic E-state index is 13.1. The molecule has 134 valence electrons. The Morgan fingerprint density at radius 3 is 1.96 bits per heavy atom. The highest BCUT2D eigenvalue weighted by Gasteiger charge is 2.49. The lowest BCUT2D eigenvalue weighted by molar-refractivity contribution is -0.151. The Hall–Kier alpha value is -0.630. The fourth-order valence-corrected chi connectivity index (χ4v) is 2.26. The van der Waals surface area contributed by atoms with Crippen molar-refractivity contribution in [2.24, 2.45) is 0 Å². The lowest BCUT2D eigenvalue weighted by Crippen LogP contribution is -2.40. The van der Waals surface area contributed by atoms with E-state index in [2.05, 4.69) is 52.5 Å². The van der Waals surface area contributed by atoms with E-state index < -0.39 is 37.9 Å². The van der Waals surface area contributed by atoms with Crippen molar-refractivity contribution < 1.29 is 40.8 Å². The number of hydrogen-bond donors (Lipinski definition) is 0. The van der Waals surface area contributed by atoms with E-state index in [0.717, 1.165) is 12.1 Å². The van der Waals surface area contributed by atoms with Crippen molar-refractivity contribution in [3.63, 3.8) is 0 Å². The van der Waals surface area contributed by atoms with Crippen LogP contribution in [0.25, 0.3) is 0 Å². The van der Waals surface area contributed by atoms with Crippen LogP contribution in [0.4, 0.5) is 8.78 Å². The molecule has 0 aliphatic heterocycles. The summed E-state index contributed by atoms with van der Waals surface area (Å²) in [6, 6.07) is 2.08. The Morgan fingerprint density at radius 1 is 1.17 bits per heavy atom. The number of carbonyl (C=O) groups excluding carboxylic acids is 2. The van der Waals surface area contributed by atoms with Crippen LogP contribution in [0.3, 0.4) is 0 Å². The lowest BCUT2D eigenvalue weighted by Gasteiger charge is -2.18. The van der Waals surface area contributed by atoms with Gasteiger partial charge in [0.05, 0.1) is 8.95 Å². The first-order valence-electron chi connectivity index (χ1n) is 5.67. The second kappa shape index (κ2) is 7.72. The van der Waals surface area contributed by atoms with E-state index in [4.69, 9.17) is 4.74 Å². The Balaban J connectivity index is 3.10. The minimum absolute atomic E-state index is 0.0267. The van der Waals surface area contributed by atoms with Crippen molar-refractivity contribution in [1.29, 1.82) is 0 Å². The van der Waals surface area contributed by atoms with E-state index >= 15 is 0 Å². The number of halogens is 5. The first kappa shape index (κ1) is 21.4. The molecule has 1 rings (SSSR count). The van der Waals surface area contributed by atoms with Crippen LogP contribution in [-0.4, -0.2) is 35.0 Å². The lowest BCUT2D eigenvalue weighted by atomic mass is 10.3. The molecular weight excluding hydrogens is 554 g/mol. The summed E-state index contributed by atoms with van der Waals surface area (Å²) >= 11 is 8.83. The maximum Gasteiger partial charge on any atom is 0.429 e. The Labute approximate surface area is 159 Å². The molecule has 0 aliphatic rings. The van der Waals surface area contributed by atoms with E-state index in [1.807, 2.05) is 0 Å². The van der Waals surface area contributed by atoms with Gasteiger partial charge in [-0.25, -0.2) is 13.2 Å². The number of hydrogen-bond acceptors (Lipinski definition) is 7. The van der Waals surface area contributed by atoms with Gasteiger partial charge in [0.15, 0.2) is 10.1 Å². The van der Waals surface area contributed by atoms with Gasteiger partial charge in [0.25, 0.3) is 0 Å². The molecule has 0 saturated carbocycles. The number of rotatable bonds is 5. The van der Waals surface area contributed by atoms with Gasteiger partial charge in [0.1, 0.15) is 16.3 Å². The Kier molecular flexibility index (Phi) is 6.89. The summed E-state index contributed by atoms with van der Waals surface area (Å²) in [5.41, 5.74) is 0. The van der Waals surface area contributed by atoms with E-state index in [-0.39, 0.29) is 14.7 Å². The van der Waals surface area contributed by atoms with E-state index in [9.17, 15) is 31.3 Å². The van der Waals surface area contributed by atoms with E-state index in [1.165, 1.54) is 6.92 Å². The molecule has 0 N–H and O–H groups in total. The number of ether oxygens (including phenoxy) is 2. The zero-order valence-corrected chi connectivity index (χ0v) is 17.0. The summed E-state index contributed by atoms with van der Waals surface area (Å²) in [5, 5.41) is -5.25. The van der Waals surface area contributed by atoms with E-state index in [0.29, 0.717) is 0 Å². The van der Waals surface area contributed by atoms with Gasteiger partial charge in [-0.3, -0.25) is 4.79 Å². The fourth-order valence-electron chi connectivity index (χ4n) is 1.12. The van der Waals surface area contributed by atoms with Crippen molar-refractivity contribution >= 4 is 69.8 Å². The third-order valence-corrected chi connectivity index (χ3v) is 4.68. The van der Waals surface area contributed by atoms with Gasteiger partial charge >= 0.3 is 17.2 Å². The van der Waals surface area contributed by atoms with Crippen LogP contribution in [0.2, 0.25) is 0 Å². The van der Waals surface area contributed by atoms with Gasteiger partial charge in [0, 0.05) is 12.1 Å². The molecule has 1 unspecified atom stereocenters. The van der Waals surface area contributed by atoms with Crippen LogP contribution < -0.4 is 9.47 Å². The largest absolute Gasteiger partial charge is 0.743 e. The fraction of sp³-hybridized carbons (Fsp3) is 0.273. The van der Waals surface area contributed by atoms with Gasteiger partial charge < -0.3 is 14.0 Å². The molecule has 1 atom stereocenters. The highest BCUT2D eigenvalue weighted by Crippen LogP contribution is 2.37. The Bertz CT molecular complexity index is 780. The van der Waals surface area contributed by atoms with Crippen LogP contribution in [0, 0.1) is 0 Å². The molecular formula is C11H6Br3F2O7S-. The molecule has 24 heavy (non-hydrogen) atoms. The summed E-state index contributed by atoms with van der Waals surface area (Å²) in [6.45, 7) is 1.51. The number of benzene rings is 1. The molecule has 1 aromatic rings. The van der Waals surface area contributed by atoms with Crippen LogP contribution in [0.15, 0.2) is 21.1 Å². The molecule has 0 radical (unpaired) electrons. The average molecular weight is 560 g/mol. The van der Waals surface area contributed by atoms with Crippen molar-refractivity contribution in [2.75, 3.05) is 0 Å². The minimum atomic E-state index is -6.24. The molecule has 0 spiro atoms. The van der Waals surface area contributed by atoms with Crippen LogP contribution in [-0.2, 0) is 19.7 Å². The second-order valence-corrected chi connectivity index (χ2v) is 8.61. The van der Waals surface area contributed by atoms with Gasteiger partial charge in [0.2, 0.25) is 0 Å². The van der Waals surface area contributed by atoms with Crippen molar-refractivity contribution in [1.82, 2.24) is 0 Å². The third-order valence-electron chi connectivity index (χ3n) is 2.28. The first-order chi connectivity index (χ1) is 10.8. The summed E-state index contributed by atoms with van der Waals surface area (Å²) in [6.07, 6.45) is 0. The van der Waals surface area contributed by atoms with Crippen LogP contribution in [0.5, 0.6) is 11.5 Å². The molecule has 0 aromatic heterocycles. The molecule has 0 fully saturated rings. The zero-order chi connectivity index (χ0) is 18.9. The predicted octanol–water partition coefficient (Wildman–Crippen LogP) is 2.94. The minimum Gasteiger partial charge on any atom is -0.743 e. The molecule has 0 amide bonds. The van der Waals surface area contributed by atoms with Gasteiger partial charge in [-0.05, 0) is 38.8 Å². The van der Waals surface area contributed by atoms with E-state index in [1.54, 1.807) is 0 Å². The van der Waals surface area contributed by atoms with Crippen LogP contribution in [0.1, 0.15) is 6.92 Å². The predicted molar refractivity (Wildman–Crippen MR) is 86.1 cm³/mol. The standard InChI is InChI=1S/C11H7Br3F2O7S/c1-4(12)9(17)22-7-2-6(14)8(3-5(7)13)23-10(18)11(15,16)24(19,20)21/h2-4H,1H3,(H,19,20,21)/p-1. The summed E-state index contributed by atoms with van der Waals surface area (Å²) in [7, 11) is -6.24. The summed E-state index contributed by atoms with van der Waals surface area (Å²) < 4.78 is 66.5. The molecule has 0 saturated heterocycles. The maximum absolute atomic E-state index is 13.1. The molecule has 0 bridgehead atoms. The van der Waals surface area contributed by atoms with Crippen molar-refractivity contribution in [3.8, 4) is 11.5 Å². The SMILES string of the molecule is CC(Br)C(=O)Oc1cc(Br)c(OC(=O)C(F)(F)S(=O)(=O)[O-])cc1Br. The van der Waals surface area contributed by atoms with Gasteiger partial charge in [-0.1, -0.05) is 15.9 Å². The smallest absolute Gasteiger partial charge is 0.429 e. The molecule has 1 aromatic carbocycles. The topological polar surface area (TPSA) is 110 Å². The molecule has 0 aliphatic carbocycles. The number of esters is 2. The highest BCUT2D eigenvalue weighted by atomic mass is 79.9. The normalized spacial score (nSPS) is 13.3. The van der Waals surface area contributed by atoms with Crippen molar-refractivity contribution in [3.05, 3.63) is 21.1 Å². The second-order valence-electron chi connectivity index (χ2n) is 4.11. The highest BCUT2D eigenvalue weighted by molar-refractivity contribution is 9.11. The Morgan fingerprint density at radius 2 is 1.58 bits per heavy atom. The summed E-state index contributed by atoms with van der Waals surface area (Å²) in [4.78, 5) is 22.1. The molecule has 0 heterocycles. The molecule has 13 heteroatoms. The third kappa shape index (κ3) is 4.94. The van der Waals surface area contributed by atoms with Gasteiger partial charge in [-0.15, -0.1) is 0 Å². The quantitative estimate of drug-likeness (QED) is 0.236. The zero-order valence-electron chi connectivity index (χ0n) is 11.4. The summed E-state index contributed by atoms with van der Waals surface area (Å²) in [5.74, 6) is -3.77. The number of carbonyl (C=O) groups is 2. The number of alkyl halides is 3. The van der Waals surface area contributed by atoms with Crippen LogP contribution >= 0.6 is 47.8 Å². The average Bonchev–Trinajstić information content (AvgIpc) is 2.42. The monoisotopic (exact) mass is 557 g/mol. The first-order valence-corrected chi connectivity index (χ1v) is 9.58.